The van der Waals surface area contributed by atoms with Crippen LogP contribution in [0.25, 0.3) is 0 Å². The number of aliphatic carboxylic acids is 1. The molecule has 0 unspecified atom stereocenters. The van der Waals surface area contributed by atoms with E-state index in [1.165, 1.54) is 0 Å². The van der Waals surface area contributed by atoms with Crippen LogP contribution < -0.4 is 10.1 Å². The number of benzene rings is 1. The third kappa shape index (κ3) is 2.54. The first kappa shape index (κ1) is 13.4. The zero-order chi connectivity index (χ0) is 14.0. The summed E-state index contributed by atoms with van der Waals surface area (Å²) >= 11 is 0. The topological polar surface area (TPSA) is 75.6 Å². The molecule has 5 heteroatoms. The van der Waals surface area contributed by atoms with Crippen LogP contribution in [0.2, 0.25) is 0 Å². The Hall–Kier alpha value is -2.04. The minimum Gasteiger partial charge on any atom is -0.494 e. The second kappa shape index (κ2) is 4.91. The van der Waals surface area contributed by atoms with Crippen LogP contribution >= 0.6 is 0 Å². The summed E-state index contributed by atoms with van der Waals surface area (Å²) in [6.07, 6.45) is 0.814. The lowest BCUT2D eigenvalue weighted by atomic mass is 10.1. The number of amides is 1. The molecule has 1 aromatic carbocycles. The van der Waals surface area contributed by atoms with Crippen LogP contribution in [0.1, 0.15) is 25.3 Å². The van der Waals surface area contributed by atoms with E-state index >= 15 is 0 Å². The Morgan fingerprint density at radius 1 is 1.42 bits per heavy atom. The summed E-state index contributed by atoms with van der Waals surface area (Å²) < 4.78 is 5.41. The molecule has 1 amide bonds. The summed E-state index contributed by atoms with van der Waals surface area (Å²) in [5.41, 5.74) is 0.283. The summed E-state index contributed by atoms with van der Waals surface area (Å²) in [6.45, 7) is 4.36. The van der Waals surface area contributed by atoms with Gasteiger partial charge in [-0.25, -0.2) is 0 Å². The number of hydrogen-bond acceptors (Lipinski definition) is 3. The maximum absolute atomic E-state index is 11.9. The SMILES string of the molecule is CCOc1ccc(NC(=O)C2(C(=O)O)CC2)cc1C. The van der Waals surface area contributed by atoms with Crippen molar-refractivity contribution in [3.8, 4) is 5.75 Å². The lowest BCUT2D eigenvalue weighted by Gasteiger charge is -2.13. The molecule has 0 atom stereocenters. The van der Waals surface area contributed by atoms with Crippen molar-refractivity contribution in [1.82, 2.24) is 0 Å². The normalized spacial score (nSPS) is 15.7. The van der Waals surface area contributed by atoms with Gasteiger partial charge in [-0.05, 0) is 50.5 Å². The quantitative estimate of drug-likeness (QED) is 0.798. The Bertz CT molecular complexity index is 520. The van der Waals surface area contributed by atoms with Gasteiger partial charge in [-0.15, -0.1) is 0 Å². The molecular weight excluding hydrogens is 246 g/mol. The maximum atomic E-state index is 11.9. The van der Waals surface area contributed by atoms with Gasteiger partial charge in [-0.2, -0.15) is 0 Å². The Kier molecular flexibility index (Phi) is 3.46. The van der Waals surface area contributed by atoms with Gasteiger partial charge in [0.05, 0.1) is 6.61 Å². The number of hydrogen-bond donors (Lipinski definition) is 2. The molecule has 1 aromatic rings. The van der Waals surface area contributed by atoms with Crippen LogP contribution in [-0.2, 0) is 9.59 Å². The summed E-state index contributed by atoms with van der Waals surface area (Å²) in [7, 11) is 0. The zero-order valence-electron chi connectivity index (χ0n) is 11.0. The molecule has 2 N–H and O–H groups in total. The number of carbonyl (C=O) groups is 2. The van der Waals surface area contributed by atoms with Crippen LogP contribution in [0.3, 0.4) is 0 Å². The van der Waals surface area contributed by atoms with Crippen molar-refractivity contribution in [3.63, 3.8) is 0 Å². The Morgan fingerprint density at radius 3 is 2.58 bits per heavy atom. The van der Waals surface area contributed by atoms with Crippen LogP contribution in [-0.4, -0.2) is 23.6 Å². The molecular formula is C14H17NO4. The van der Waals surface area contributed by atoms with E-state index in [-0.39, 0.29) is 0 Å². The molecule has 0 aromatic heterocycles. The number of carboxylic acids is 1. The van der Waals surface area contributed by atoms with Gasteiger partial charge >= 0.3 is 5.97 Å². The average Bonchev–Trinajstić information content (AvgIpc) is 3.14. The van der Waals surface area contributed by atoms with Crippen molar-refractivity contribution in [2.75, 3.05) is 11.9 Å². The van der Waals surface area contributed by atoms with Crippen LogP contribution in [0.5, 0.6) is 5.75 Å². The highest BCUT2D eigenvalue weighted by molar-refractivity contribution is 6.10. The van der Waals surface area contributed by atoms with Gasteiger partial charge < -0.3 is 15.2 Å². The van der Waals surface area contributed by atoms with E-state index in [2.05, 4.69) is 5.32 Å². The molecule has 0 aliphatic heterocycles. The average molecular weight is 263 g/mol. The summed E-state index contributed by atoms with van der Waals surface area (Å²) in [6, 6.07) is 5.27. The fourth-order valence-electron chi connectivity index (χ4n) is 1.96. The molecule has 1 saturated carbocycles. The van der Waals surface area contributed by atoms with E-state index in [9.17, 15) is 9.59 Å². The molecule has 2 rings (SSSR count). The second-order valence-corrected chi connectivity index (χ2v) is 4.75. The molecule has 19 heavy (non-hydrogen) atoms. The predicted octanol–water partition coefficient (Wildman–Crippen LogP) is 2.20. The molecule has 1 aliphatic carbocycles. The monoisotopic (exact) mass is 263 g/mol. The molecule has 0 saturated heterocycles. The van der Waals surface area contributed by atoms with Crippen LogP contribution in [0.15, 0.2) is 18.2 Å². The van der Waals surface area contributed by atoms with Gasteiger partial charge in [-0.1, -0.05) is 0 Å². The van der Waals surface area contributed by atoms with Crippen molar-refractivity contribution in [3.05, 3.63) is 23.8 Å². The van der Waals surface area contributed by atoms with Crippen molar-refractivity contribution >= 4 is 17.6 Å². The minimum atomic E-state index is -1.22. The number of aryl methyl sites for hydroxylation is 1. The van der Waals surface area contributed by atoms with E-state index < -0.39 is 17.3 Å². The van der Waals surface area contributed by atoms with E-state index in [0.717, 1.165) is 11.3 Å². The van der Waals surface area contributed by atoms with E-state index in [0.29, 0.717) is 25.1 Å². The maximum Gasteiger partial charge on any atom is 0.319 e. The van der Waals surface area contributed by atoms with Gasteiger partial charge in [-0.3, -0.25) is 9.59 Å². The number of rotatable bonds is 5. The Labute approximate surface area is 111 Å². The largest absolute Gasteiger partial charge is 0.494 e. The molecule has 5 nitrogen and oxygen atoms in total. The molecule has 0 heterocycles. The molecule has 0 radical (unpaired) electrons. The molecule has 0 bridgehead atoms. The molecule has 1 fully saturated rings. The minimum absolute atomic E-state index is 0.407. The van der Waals surface area contributed by atoms with Crippen LogP contribution in [0.4, 0.5) is 5.69 Å². The fraction of sp³-hybridized carbons (Fsp3) is 0.429. The third-order valence-electron chi connectivity index (χ3n) is 3.33. The number of anilines is 1. The predicted molar refractivity (Wildman–Crippen MR) is 70.3 cm³/mol. The standard InChI is InChI=1S/C14H17NO4/c1-3-19-11-5-4-10(8-9(11)2)15-12(16)14(6-7-14)13(17)18/h4-5,8H,3,6-7H2,1-2H3,(H,15,16)(H,17,18). The third-order valence-corrected chi connectivity index (χ3v) is 3.33. The van der Waals surface area contributed by atoms with Crippen molar-refractivity contribution < 1.29 is 19.4 Å². The summed E-state index contributed by atoms with van der Waals surface area (Å²) in [5.74, 6) is -0.726. The fourth-order valence-corrected chi connectivity index (χ4v) is 1.96. The van der Waals surface area contributed by atoms with Gasteiger partial charge in [0.1, 0.15) is 11.2 Å². The number of ether oxygens (including phenoxy) is 1. The van der Waals surface area contributed by atoms with Crippen LogP contribution in [0, 0.1) is 12.3 Å². The highest BCUT2D eigenvalue weighted by Crippen LogP contribution is 2.46. The number of carbonyl (C=O) groups excluding carboxylic acids is 1. The molecule has 1 aliphatic rings. The molecule has 0 spiro atoms. The van der Waals surface area contributed by atoms with Crippen molar-refractivity contribution in [1.29, 1.82) is 0 Å². The lowest BCUT2D eigenvalue weighted by Crippen LogP contribution is -2.31. The van der Waals surface area contributed by atoms with E-state index in [4.69, 9.17) is 9.84 Å². The first-order valence-corrected chi connectivity index (χ1v) is 6.28. The van der Waals surface area contributed by atoms with Gasteiger partial charge in [0.2, 0.25) is 5.91 Å². The van der Waals surface area contributed by atoms with Gasteiger partial charge in [0.15, 0.2) is 0 Å². The second-order valence-electron chi connectivity index (χ2n) is 4.75. The Balaban J connectivity index is 2.10. The molecule has 102 valence electrons. The lowest BCUT2D eigenvalue weighted by molar-refractivity contribution is -0.147. The number of nitrogens with one attached hydrogen (secondary N) is 1. The zero-order valence-corrected chi connectivity index (χ0v) is 11.0. The highest BCUT2D eigenvalue weighted by Gasteiger charge is 2.57. The Morgan fingerprint density at radius 2 is 2.11 bits per heavy atom. The number of carboxylic acid groups (broad SMARTS) is 1. The van der Waals surface area contributed by atoms with Gasteiger partial charge in [0.25, 0.3) is 0 Å². The van der Waals surface area contributed by atoms with Crippen molar-refractivity contribution in [2.45, 2.75) is 26.7 Å². The summed E-state index contributed by atoms with van der Waals surface area (Å²) in [5, 5.41) is 11.7. The van der Waals surface area contributed by atoms with Crippen molar-refractivity contribution in [2.24, 2.45) is 5.41 Å². The van der Waals surface area contributed by atoms with E-state index in [1.807, 2.05) is 13.8 Å². The smallest absolute Gasteiger partial charge is 0.319 e. The first-order valence-electron chi connectivity index (χ1n) is 6.28. The highest BCUT2D eigenvalue weighted by atomic mass is 16.5. The first-order chi connectivity index (χ1) is 8.99. The van der Waals surface area contributed by atoms with E-state index in [1.54, 1.807) is 18.2 Å². The van der Waals surface area contributed by atoms with Gasteiger partial charge in [0, 0.05) is 5.69 Å². The summed E-state index contributed by atoms with van der Waals surface area (Å²) in [4.78, 5) is 23.0.